The largest absolute Gasteiger partial charge is 0.313 e. The van der Waals surface area contributed by atoms with Gasteiger partial charge in [-0.2, -0.15) is 0 Å². The molecular formula is C33H26N4. The molecule has 4 nitrogen and oxygen atoms in total. The first-order valence-electron chi connectivity index (χ1n) is 12.9. The van der Waals surface area contributed by atoms with Gasteiger partial charge in [0.2, 0.25) is 0 Å². The van der Waals surface area contributed by atoms with Crippen molar-refractivity contribution in [2.45, 2.75) is 25.7 Å². The molecule has 37 heavy (non-hydrogen) atoms. The average Bonchev–Trinajstić information content (AvgIpc) is 3.33. The van der Waals surface area contributed by atoms with Crippen molar-refractivity contribution >= 4 is 33.1 Å². The number of aromatic nitrogens is 4. The Morgan fingerprint density at radius 1 is 0.649 bits per heavy atom. The smallest absolute Gasteiger partial charge is 0.164 e. The summed E-state index contributed by atoms with van der Waals surface area (Å²) in [6, 6.07) is 25.3. The van der Waals surface area contributed by atoms with Gasteiger partial charge in [0.25, 0.3) is 0 Å². The van der Waals surface area contributed by atoms with Gasteiger partial charge < -0.3 is 4.57 Å². The normalized spacial score (nSPS) is 15.2. The SMILES string of the molecule is C1=CCCC(n2c3ccccc3c3c(-c4nc(C5=CCCC=C5)nc(-c5ccccc5)n4)cccc32)=C1. The highest BCUT2D eigenvalue weighted by Gasteiger charge is 2.20. The van der Waals surface area contributed by atoms with Crippen LogP contribution in [0.2, 0.25) is 0 Å². The van der Waals surface area contributed by atoms with E-state index in [-0.39, 0.29) is 0 Å². The summed E-state index contributed by atoms with van der Waals surface area (Å²) in [6.07, 6.45) is 17.3. The molecule has 5 aromatic rings. The maximum absolute atomic E-state index is 5.05. The lowest BCUT2D eigenvalue weighted by Crippen LogP contribution is -2.03. The van der Waals surface area contributed by atoms with Crippen LogP contribution in [0.5, 0.6) is 0 Å². The molecule has 2 aliphatic rings. The van der Waals surface area contributed by atoms with Crippen molar-refractivity contribution in [1.82, 2.24) is 19.5 Å². The summed E-state index contributed by atoms with van der Waals surface area (Å²) in [6.45, 7) is 0. The summed E-state index contributed by atoms with van der Waals surface area (Å²) in [4.78, 5) is 15.0. The van der Waals surface area contributed by atoms with E-state index in [0.717, 1.165) is 48.2 Å². The van der Waals surface area contributed by atoms with E-state index in [0.29, 0.717) is 11.6 Å². The molecule has 0 amide bonds. The summed E-state index contributed by atoms with van der Waals surface area (Å²) in [5.41, 5.74) is 6.77. The Bertz CT molecular complexity index is 1770. The van der Waals surface area contributed by atoms with Crippen molar-refractivity contribution in [3.05, 3.63) is 115 Å². The van der Waals surface area contributed by atoms with Crippen LogP contribution in [0.3, 0.4) is 0 Å². The van der Waals surface area contributed by atoms with Crippen molar-refractivity contribution in [2.75, 3.05) is 0 Å². The second-order valence-electron chi connectivity index (χ2n) is 9.49. The van der Waals surface area contributed by atoms with E-state index in [1.54, 1.807) is 0 Å². The fourth-order valence-electron chi connectivity index (χ4n) is 5.41. The molecule has 7 rings (SSSR count). The summed E-state index contributed by atoms with van der Waals surface area (Å²) in [5, 5.41) is 2.39. The molecule has 0 radical (unpaired) electrons. The Morgan fingerprint density at radius 2 is 1.46 bits per heavy atom. The molecule has 178 valence electrons. The van der Waals surface area contributed by atoms with Crippen LogP contribution in [-0.4, -0.2) is 19.5 Å². The summed E-state index contributed by atoms with van der Waals surface area (Å²) < 4.78 is 2.41. The van der Waals surface area contributed by atoms with Gasteiger partial charge in [-0.25, -0.2) is 15.0 Å². The number of hydrogen-bond donors (Lipinski definition) is 0. The van der Waals surface area contributed by atoms with E-state index >= 15 is 0 Å². The maximum atomic E-state index is 5.05. The third-order valence-electron chi connectivity index (χ3n) is 7.14. The quantitative estimate of drug-likeness (QED) is 0.261. The van der Waals surface area contributed by atoms with Gasteiger partial charge in [-0.1, -0.05) is 91.0 Å². The van der Waals surface area contributed by atoms with Crippen LogP contribution in [0.4, 0.5) is 0 Å². The first kappa shape index (κ1) is 21.7. The third kappa shape index (κ3) is 3.82. The van der Waals surface area contributed by atoms with Crippen LogP contribution in [0.25, 0.3) is 55.9 Å². The van der Waals surface area contributed by atoms with Gasteiger partial charge in [0, 0.05) is 33.2 Å². The predicted molar refractivity (Wildman–Crippen MR) is 153 cm³/mol. The summed E-state index contributed by atoms with van der Waals surface area (Å²) >= 11 is 0. The van der Waals surface area contributed by atoms with Crippen molar-refractivity contribution in [1.29, 1.82) is 0 Å². The number of benzene rings is 3. The molecule has 3 aromatic carbocycles. The molecule has 0 saturated heterocycles. The van der Waals surface area contributed by atoms with Gasteiger partial charge in [-0.15, -0.1) is 0 Å². The fraction of sp³-hybridized carbons (Fsp3) is 0.121. The average molecular weight is 479 g/mol. The van der Waals surface area contributed by atoms with Crippen LogP contribution in [-0.2, 0) is 0 Å². The van der Waals surface area contributed by atoms with Crippen molar-refractivity contribution in [3.8, 4) is 22.8 Å². The second kappa shape index (κ2) is 9.14. The van der Waals surface area contributed by atoms with Crippen LogP contribution in [0.1, 0.15) is 31.5 Å². The van der Waals surface area contributed by atoms with Gasteiger partial charge in [-0.05, 0) is 43.9 Å². The highest BCUT2D eigenvalue weighted by molar-refractivity contribution is 6.15. The zero-order chi connectivity index (χ0) is 24.6. The fourth-order valence-corrected chi connectivity index (χ4v) is 5.41. The highest BCUT2D eigenvalue weighted by atomic mass is 15.0. The van der Waals surface area contributed by atoms with E-state index < -0.39 is 0 Å². The minimum Gasteiger partial charge on any atom is -0.313 e. The predicted octanol–water partition coefficient (Wildman–Crippen LogP) is 8.24. The molecule has 4 heteroatoms. The number of para-hydroxylation sites is 1. The van der Waals surface area contributed by atoms with Crippen molar-refractivity contribution in [2.24, 2.45) is 0 Å². The molecule has 0 N–H and O–H groups in total. The van der Waals surface area contributed by atoms with E-state index in [9.17, 15) is 0 Å². The number of fused-ring (bicyclic) bond motifs is 3. The molecular weight excluding hydrogens is 452 g/mol. The number of rotatable bonds is 4. The number of allylic oxidation sites excluding steroid dienone is 8. The summed E-state index contributed by atoms with van der Waals surface area (Å²) in [7, 11) is 0. The molecule has 2 heterocycles. The van der Waals surface area contributed by atoms with E-state index in [2.05, 4.69) is 95.6 Å². The molecule has 2 aromatic heterocycles. The minimum absolute atomic E-state index is 0.696. The molecule has 2 aliphatic carbocycles. The monoisotopic (exact) mass is 478 g/mol. The molecule has 0 unspecified atom stereocenters. The van der Waals surface area contributed by atoms with Crippen LogP contribution < -0.4 is 0 Å². The zero-order valence-corrected chi connectivity index (χ0v) is 20.5. The summed E-state index contributed by atoms with van der Waals surface area (Å²) in [5.74, 6) is 2.12. The molecule has 0 fully saturated rings. The Balaban J connectivity index is 1.52. The molecule has 0 atom stereocenters. The lowest BCUT2D eigenvalue weighted by atomic mass is 10.0. The molecule has 0 bridgehead atoms. The minimum atomic E-state index is 0.696. The third-order valence-corrected chi connectivity index (χ3v) is 7.14. The lowest BCUT2D eigenvalue weighted by molar-refractivity contribution is 0.979. The molecule has 0 spiro atoms. The first-order valence-corrected chi connectivity index (χ1v) is 12.9. The Kier molecular flexibility index (Phi) is 5.36. The van der Waals surface area contributed by atoms with Crippen LogP contribution in [0.15, 0.2) is 109 Å². The van der Waals surface area contributed by atoms with Gasteiger partial charge in [0.1, 0.15) is 0 Å². The Hall–Kier alpha value is -4.57. The van der Waals surface area contributed by atoms with Crippen LogP contribution in [0, 0.1) is 0 Å². The molecule has 0 saturated carbocycles. The number of hydrogen-bond acceptors (Lipinski definition) is 3. The van der Waals surface area contributed by atoms with Crippen molar-refractivity contribution < 1.29 is 0 Å². The topological polar surface area (TPSA) is 43.6 Å². The standard InChI is InChI=1S/C33H26N4/c1-4-13-23(14-5-1)31-34-32(24-15-6-2-7-16-24)36-33(35-31)27-20-12-22-29-30(27)26-19-10-11-21-28(26)37(29)25-17-8-3-9-18-25/h1,3-6,8,10-17,19-22H,2,7,9,18H2. The zero-order valence-electron chi connectivity index (χ0n) is 20.5. The van der Waals surface area contributed by atoms with E-state index in [1.807, 2.05) is 18.2 Å². The highest BCUT2D eigenvalue weighted by Crippen LogP contribution is 2.39. The van der Waals surface area contributed by atoms with Gasteiger partial charge >= 0.3 is 0 Å². The van der Waals surface area contributed by atoms with E-state index in [1.165, 1.54) is 27.5 Å². The van der Waals surface area contributed by atoms with Gasteiger partial charge in [0.15, 0.2) is 17.5 Å². The Labute approximate surface area is 216 Å². The lowest BCUT2D eigenvalue weighted by Gasteiger charge is -2.14. The van der Waals surface area contributed by atoms with Gasteiger partial charge in [-0.3, -0.25) is 0 Å². The maximum Gasteiger partial charge on any atom is 0.164 e. The second-order valence-corrected chi connectivity index (χ2v) is 9.49. The van der Waals surface area contributed by atoms with Gasteiger partial charge in [0.05, 0.1) is 11.0 Å². The van der Waals surface area contributed by atoms with Crippen LogP contribution >= 0.6 is 0 Å². The van der Waals surface area contributed by atoms with E-state index in [4.69, 9.17) is 15.0 Å². The first-order chi connectivity index (χ1) is 18.4. The number of nitrogens with zero attached hydrogens (tertiary/aromatic N) is 4. The Morgan fingerprint density at radius 3 is 2.30 bits per heavy atom. The van der Waals surface area contributed by atoms with Crippen molar-refractivity contribution in [3.63, 3.8) is 0 Å². The molecule has 0 aliphatic heterocycles.